The third-order valence-electron chi connectivity index (χ3n) is 4.94. The van der Waals surface area contributed by atoms with Crippen molar-refractivity contribution in [2.45, 2.75) is 32.1 Å². The van der Waals surface area contributed by atoms with Gasteiger partial charge >= 0.3 is 0 Å². The molecule has 114 valence electrons. The molecule has 2 atom stereocenters. The lowest BCUT2D eigenvalue weighted by atomic mass is 10.0. The quantitative estimate of drug-likeness (QED) is 0.898. The third-order valence-corrected chi connectivity index (χ3v) is 4.94. The van der Waals surface area contributed by atoms with Gasteiger partial charge in [0, 0.05) is 23.4 Å². The molecule has 2 aliphatic carbocycles. The fourth-order valence-electron chi connectivity index (χ4n) is 3.50. The van der Waals surface area contributed by atoms with Crippen molar-refractivity contribution in [1.29, 1.82) is 0 Å². The molecule has 2 amide bonds. The Hall–Kier alpha value is -2.17. The van der Waals surface area contributed by atoms with Crippen molar-refractivity contribution in [2.75, 3.05) is 5.32 Å². The van der Waals surface area contributed by atoms with Crippen LogP contribution in [0, 0.1) is 17.8 Å². The molecule has 4 rings (SSSR count). The first-order chi connectivity index (χ1) is 10.7. The number of benzene rings is 1. The Morgan fingerprint density at radius 3 is 2.59 bits per heavy atom. The highest BCUT2D eigenvalue weighted by Gasteiger charge is 2.49. The average Bonchev–Trinajstić information content (AvgIpc) is 3.15. The summed E-state index contributed by atoms with van der Waals surface area (Å²) in [6, 6.07) is 7.77. The molecule has 0 spiro atoms. The molecular weight excluding hydrogens is 278 g/mol. The molecule has 1 aromatic carbocycles. The van der Waals surface area contributed by atoms with Crippen LogP contribution < -0.4 is 10.7 Å². The summed E-state index contributed by atoms with van der Waals surface area (Å²) >= 11 is 0. The molecule has 0 aromatic heterocycles. The van der Waals surface area contributed by atoms with E-state index in [4.69, 9.17) is 0 Å². The number of carbonyl (C=O) groups is 2. The van der Waals surface area contributed by atoms with Crippen LogP contribution >= 0.6 is 0 Å². The second kappa shape index (κ2) is 5.23. The maximum atomic E-state index is 12.1. The van der Waals surface area contributed by atoms with Gasteiger partial charge in [0.05, 0.1) is 5.71 Å². The number of carbonyl (C=O) groups excluding carboxylic acids is 2. The van der Waals surface area contributed by atoms with E-state index in [9.17, 15) is 9.59 Å². The number of hydrazone groups is 1. The van der Waals surface area contributed by atoms with Gasteiger partial charge in [-0.25, -0.2) is 5.43 Å². The van der Waals surface area contributed by atoms with Crippen molar-refractivity contribution in [2.24, 2.45) is 22.9 Å². The number of nitrogens with one attached hydrogen (secondary N) is 2. The van der Waals surface area contributed by atoms with Crippen molar-refractivity contribution in [3.05, 3.63) is 29.8 Å². The predicted octanol–water partition coefficient (Wildman–Crippen LogP) is 2.29. The summed E-state index contributed by atoms with van der Waals surface area (Å²) in [5, 5.41) is 7.18. The van der Waals surface area contributed by atoms with Crippen LogP contribution in [0.25, 0.3) is 0 Å². The number of rotatable bonds is 3. The minimum Gasteiger partial charge on any atom is -0.326 e. The first kappa shape index (κ1) is 13.5. The molecule has 1 aromatic rings. The Bertz CT molecular complexity index is 644. The van der Waals surface area contributed by atoms with Gasteiger partial charge in [0.1, 0.15) is 0 Å². The molecule has 2 fully saturated rings. The zero-order valence-corrected chi connectivity index (χ0v) is 12.3. The number of fused-ring (bicyclic) bond motifs is 1. The second-order valence-corrected chi connectivity index (χ2v) is 6.47. The van der Waals surface area contributed by atoms with Crippen LogP contribution in [0.1, 0.15) is 37.7 Å². The summed E-state index contributed by atoms with van der Waals surface area (Å²) in [4.78, 5) is 23.6. The van der Waals surface area contributed by atoms with Crippen LogP contribution in [-0.2, 0) is 9.59 Å². The summed E-state index contributed by atoms with van der Waals surface area (Å²) in [5.74, 6) is 0.718. The van der Waals surface area contributed by atoms with Gasteiger partial charge in [0.25, 0.3) is 0 Å². The van der Waals surface area contributed by atoms with E-state index in [1.54, 1.807) is 0 Å². The summed E-state index contributed by atoms with van der Waals surface area (Å²) in [5.41, 5.74) is 5.39. The zero-order valence-electron chi connectivity index (χ0n) is 12.3. The number of amides is 2. The molecule has 0 radical (unpaired) electrons. The molecule has 0 bridgehead atoms. The van der Waals surface area contributed by atoms with Crippen molar-refractivity contribution >= 4 is 23.2 Å². The normalized spacial score (nSPS) is 26.9. The first-order valence-corrected chi connectivity index (χ1v) is 8.01. The molecule has 22 heavy (non-hydrogen) atoms. The monoisotopic (exact) mass is 297 g/mol. The van der Waals surface area contributed by atoms with Crippen LogP contribution in [0.15, 0.2) is 29.4 Å². The van der Waals surface area contributed by atoms with E-state index >= 15 is 0 Å². The molecule has 3 aliphatic rings. The lowest BCUT2D eigenvalue weighted by Crippen LogP contribution is -2.28. The summed E-state index contributed by atoms with van der Waals surface area (Å²) in [7, 11) is 0. The Labute approximate surface area is 129 Å². The smallest absolute Gasteiger partial charge is 0.243 e. The molecule has 0 saturated heterocycles. The van der Waals surface area contributed by atoms with Crippen LogP contribution in [0.3, 0.4) is 0 Å². The highest BCUT2D eigenvalue weighted by Crippen LogP contribution is 2.43. The van der Waals surface area contributed by atoms with E-state index in [-0.39, 0.29) is 29.6 Å². The second-order valence-electron chi connectivity index (χ2n) is 6.47. The van der Waals surface area contributed by atoms with E-state index < -0.39 is 0 Å². The summed E-state index contributed by atoms with van der Waals surface area (Å²) in [6.45, 7) is 0. The SMILES string of the molecule is O=C(Nc1ccc(C2=NNC(=O)C3CC23)cc1)C1CCCC1. The minimum absolute atomic E-state index is 0.0363. The number of hydrogen-bond donors (Lipinski definition) is 2. The minimum atomic E-state index is 0.0363. The Morgan fingerprint density at radius 2 is 1.86 bits per heavy atom. The van der Waals surface area contributed by atoms with Gasteiger partial charge in [-0.3, -0.25) is 9.59 Å². The highest BCUT2D eigenvalue weighted by atomic mass is 16.2. The standard InChI is InChI=1S/C17H19N3O2/c21-16(11-3-1-2-4-11)18-12-7-5-10(6-8-12)15-13-9-14(13)17(22)20-19-15/h5-8,11,13-14H,1-4,9H2,(H,18,21)(H,20,22). The Morgan fingerprint density at radius 1 is 1.14 bits per heavy atom. The van der Waals surface area contributed by atoms with Crippen LogP contribution in [0.5, 0.6) is 0 Å². The van der Waals surface area contributed by atoms with Gasteiger partial charge < -0.3 is 5.32 Å². The van der Waals surface area contributed by atoms with E-state index in [1.807, 2.05) is 24.3 Å². The molecular formula is C17H19N3O2. The van der Waals surface area contributed by atoms with Gasteiger partial charge in [-0.2, -0.15) is 5.10 Å². The molecule has 2 unspecified atom stereocenters. The third kappa shape index (κ3) is 2.40. The fourth-order valence-corrected chi connectivity index (χ4v) is 3.50. The van der Waals surface area contributed by atoms with E-state index in [2.05, 4.69) is 15.8 Å². The van der Waals surface area contributed by atoms with Crippen molar-refractivity contribution in [3.63, 3.8) is 0 Å². The maximum Gasteiger partial charge on any atom is 0.243 e. The van der Waals surface area contributed by atoms with Crippen molar-refractivity contribution < 1.29 is 9.59 Å². The molecule has 5 nitrogen and oxygen atoms in total. The summed E-state index contributed by atoms with van der Waals surface area (Å²) < 4.78 is 0. The number of hydrogen-bond acceptors (Lipinski definition) is 3. The largest absolute Gasteiger partial charge is 0.326 e. The van der Waals surface area contributed by atoms with Gasteiger partial charge in [-0.1, -0.05) is 25.0 Å². The Balaban J connectivity index is 1.45. The maximum absolute atomic E-state index is 12.1. The highest BCUT2D eigenvalue weighted by molar-refractivity contribution is 6.09. The van der Waals surface area contributed by atoms with Gasteiger partial charge in [0.2, 0.25) is 11.8 Å². The zero-order chi connectivity index (χ0) is 15.1. The lowest BCUT2D eigenvalue weighted by Gasteiger charge is -2.13. The molecule has 1 aliphatic heterocycles. The molecule has 5 heteroatoms. The van der Waals surface area contributed by atoms with Gasteiger partial charge in [0.15, 0.2) is 0 Å². The van der Waals surface area contributed by atoms with E-state index in [0.717, 1.165) is 49.1 Å². The lowest BCUT2D eigenvalue weighted by molar-refractivity contribution is -0.122. The topological polar surface area (TPSA) is 70.6 Å². The molecule has 2 N–H and O–H groups in total. The summed E-state index contributed by atoms with van der Waals surface area (Å²) in [6.07, 6.45) is 5.22. The number of nitrogens with zero attached hydrogens (tertiary/aromatic N) is 1. The van der Waals surface area contributed by atoms with Crippen molar-refractivity contribution in [3.8, 4) is 0 Å². The molecule has 2 saturated carbocycles. The number of anilines is 1. The van der Waals surface area contributed by atoms with Gasteiger partial charge in [-0.05, 0) is 37.0 Å². The fraction of sp³-hybridized carbons (Fsp3) is 0.471. The molecule has 1 heterocycles. The van der Waals surface area contributed by atoms with Crippen LogP contribution in [0.2, 0.25) is 0 Å². The predicted molar refractivity (Wildman–Crippen MR) is 83.3 cm³/mol. The van der Waals surface area contributed by atoms with Crippen molar-refractivity contribution in [1.82, 2.24) is 5.43 Å². The van der Waals surface area contributed by atoms with Crippen LogP contribution in [0.4, 0.5) is 5.69 Å². The van der Waals surface area contributed by atoms with Gasteiger partial charge in [-0.15, -0.1) is 0 Å². The average molecular weight is 297 g/mol. The van der Waals surface area contributed by atoms with E-state index in [1.165, 1.54) is 0 Å². The van der Waals surface area contributed by atoms with E-state index in [0.29, 0.717) is 0 Å². The first-order valence-electron chi connectivity index (χ1n) is 8.01. The van der Waals surface area contributed by atoms with Crippen LogP contribution in [-0.4, -0.2) is 17.5 Å². The Kier molecular flexibility index (Phi) is 3.21.